The second kappa shape index (κ2) is 7.86. The summed E-state index contributed by atoms with van der Waals surface area (Å²) >= 11 is 0. The highest BCUT2D eigenvalue weighted by Crippen LogP contribution is 2.00. The summed E-state index contributed by atoms with van der Waals surface area (Å²) in [5, 5.41) is 2.52. The minimum Gasteiger partial charge on any atom is -0.445 e. The van der Waals surface area contributed by atoms with E-state index in [-0.39, 0.29) is 18.9 Å². The van der Waals surface area contributed by atoms with E-state index in [1.807, 2.05) is 30.3 Å². The predicted octanol–water partition coefficient (Wildman–Crippen LogP) is 1.19. The molecule has 0 bridgehead atoms. The molecule has 0 aliphatic carbocycles. The zero-order chi connectivity index (χ0) is 15.0. The molecule has 1 aromatic rings. The maximum atomic E-state index is 11.5. The number of hydrogen-bond donors (Lipinski definition) is 1. The summed E-state index contributed by atoms with van der Waals surface area (Å²) in [6, 6.07) is 9.33. The summed E-state index contributed by atoms with van der Waals surface area (Å²) in [7, 11) is -0.244. The summed E-state index contributed by atoms with van der Waals surface area (Å²) in [4.78, 5) is 11.4. The van der Waals surface area contributed by atoms with E-state index in [0.29, 0.717) is 6.42 Å². The Kier molecular flexibility index (Phi) is 6.47. The fraction of sp³-hybridized carbons (Fsp3) is 0.462. The second-order valence-corrected chi connectivity index (χ2v) is 6.74. The first-order valence-electron chi connectivity index (χ1n) is 6.26. The Hall–Kier alpha value is -1.60. The number of benzene rings is 1. The van der Waals surface area contributed by atoms with Gasteiger partial charge in [-0.1, -0.05) is 30.3 Å². The molecule has 1 N–H and O–H groups in total. The van der Waals surface area contributed by atoms with Crippen LogP contribution in [0, 0.1) is 0 Å². The van der Waals surface area contributed by atoms with Crippen molar-refractivity contribution in [2.24, 2.45) is 0 Å². The molecule has 0 aromatic heterocycles. The number of amides is 1. The molecule has 112 valence electrons. The maximum absolute atomic E-state index is 11.5. The van der Waals surface area contributed by atoms with E-state index in [9.17, 15) is 13.2 Å². The van der Waals surface area contributed by atoms with Gasteiger partial charge in [-0.15, -0.1) is 0 Å². The highest BCUT2D eigenvalue weighted by Gasteiger charge is 2.12. The summed E-state index contributed by atoms with van der Waals surface area (Å²) in [6.45, 7) is 0.462. The molecule has 0 heterocycles. The Bertz CT molecular complexity index is 514. The van der Waals surface area contributed by atoms with Crippen molar-refractivity contribution in [1.82, 2.24) is 9.62 Å². The van der Waals surface area contributed by atoms with Gasteiger partial charge in [-0.05, 0) is 12.0 Å². The van der Waals surface area contributed by atoms with Gasteiger partial charge in [0.15, 0.2) is 0 Å². The van der Waals surface area contributed by atoms with E-state index in [0.717, 1.165) is 5.56 Å². The first-order valence-corrected chi connectivity index (χ1v) is 7.87. The molecule has 0 unspecified atom stereocenters. The molecule has 1 rings (SSSR count). The van der Waals surface area contributed by atoms with Gasteiger partial charge in [-0.25, -0.2) is 17.5 Å². The van der Waals surface area contributed by atoms with Crippen LogP contribution in [0.25, 0.3) is 0 Å². The Labute approximate surface area is 119 Å². The smallest absolute Gasteiger partial charge is 0.407 e. The minimum atomic E-state index is -3.21. The monoisotopic (exact) mass is 300 g/mol. The van der Waals surface area contributed by atoms with Crippen molar-refractivity contribution in [1.29, 1.82) is 0 Å². The number of sulfonamides is 1. The first kappa shape index (κ1) is 16.5. The number of carbonyl (C=O) groups excluding carboxylic acids is 1. The van der Waals surface area contributed by atoms with Crippen molar-refractivity contribution in [2.45, 2.75) is 13.0 Å². The molecule has 0 atom stereocenters. The van der Waals surface area contributed by atoms with Gasteiger partial charge in [0, 0.05) is 20.6 Å². The number of alkyl carbamates (subject to hydrolysis) is 1. The lowest BCUT2D eigenvalue weighted by Gasteiger charge is -2.11. The Morgan fingerprint density at radius 1 is 1.25 bits per heavy atom. The number of ether oxygens (including phenoxy) is 1. The molecule has 0 aliphatic rings. The highest BCUT2D eigenvalue weighted by atomic mass is 32.2. The van der Waals surface area contributed by atoms with Crippen molar-refractivity contribution < 1.29 is 17.9 Å². The van der Waals surface area contributed by atoms with E-state index in [2.05, 4.69) is 5.32 Å². The zero-order valence-electron chi connectivity index (χ0n) is 11.7. The zero-order valence-corrected chi connectivity index (χ0v) is 12.5. The topological polar surface area (TPSA) is 75.7 Å². The van der Waals surface area contributed by atoms with Crippen LogP contribution in [0.5, 0.6) is 0 Å². The van der Waals surface area contributed by atoms with Crippen LogP contribution in [-0.4, -0.2) is 45.2 Å². The van der Waals surface area contributed by atoms with Crippen molar-refractivity contribution in [3.05, 3.63) is 35.9 Å². The molecule has 0 fully saturated rings. The molecule has 1 aromatic carbocycles. The van der Waals surface area contributed by atoms with Gasteiger partial charge >= 0.3 is 6.09 Å². The third-order valence-electron chi connectivity index (χ3n) is 2.62. The van der Waals surface area contributed by atoms with Crippen LogP contribution in [0.4, 0.5) is 4.79 Å². The molecule has 0 aliphatic heterocycles. The van der Waals surface area contributed by atoms with Crippen LogP contribution >= 0.6 is 0 Å². The fourth-order valence-corrected chi connectivity index (χ4v) is 2.28. The van der Waals surface area contributed by atoms with E-state index in [4.69, 9.17) is 4.74 Å². The largest absolute Gasteiger partial charge is 0.445 e. The van der Waals surface area contributed by atoms with Crippen LogP contribution in [-0.2, 0) is 21.4 Å². The molecule has 6 nitrogen and oxygen atoms in total. The number of nitrogens with zero attached hydrogens (tertiary/aromatic N) is 1. The van der Waals surface area contributed by atoms with Crippen LogP contribution in [0.1, 0.15) is 12.0 Å². The molecular formula is C13H20N2O4S. The van der Waals surface area contributed by atoms with E-state index < -0.39 is 16.1 Å². The SMILES string of the molecule is CN(C)S(=O)(=O)CCCNC(=O)OCc1ccccc1. The Morgan fingerprint density at radius 2 is 1.90 bits per heavy atom. The standard InChI is InChI=1S/C13H20N2O4S/c1-15(2)20(17,18)10-6-9-14-13(16)19-11-12-7-4-3-5-8-12/h3-5,7-8H,6,9-11H2,1-2H3,(H,14,16). The predicted molar refractivity (Wildman–Crippen MR) is 76.7 cm³/mol. The average Bonchev–Trinajstić information content (AvgIpc) is 2.42. The third-order valence-corrected chi connectivity index (χ3v) is 4.53. The summed E-state index contributed by atoms with van der Waals surface area (Å²) in [6.07, 6.45) is -0.197. The molecule has 0 spiro atoms. The van der Waals surface area contributed by atoms with Crippen molar-refractivity contribution in [3.63, 3.8) is 0 Å². The molecular weight excluding hydrogens is 280 g/mol. The lowest BCUT2D eigenvalue weighted by Crippen LogP contribution is -2.29. The number of nitrogens with one attached hydrogen (secondary N) is 1. The Balaban J connectivity index is 2.18. The van der Waals surface area contributed by atoms with E-state index in [1.54, 1.807) is 0 Å². The highest BCUT2D eigenvalue weighted by molar-refractivity contribution is 7.89. The second-order valence-electron chi connectivity index (χ2n) is 4.44. The van der Waals surface area contributed by atoms with Gasteiger partial charge in [0.1, 0.15) is 6.61 Å². The first-order chi connectivity index (χ1) is 9.42. The molecule has 1 amide bonds. The number of rotatable bonds is 7. The molecule has 7 heteroatoms. The number of hydrogen-bond acceptors (Lipinski definition) is 4. The van der Waals surface area contributed by atoms with Gasteiger partial charge < -0.3 is 10.1 Å². The van der Waals surface area contributed by atoms with Gasteiger partial charge in [-0.2, -0.15) is 0 Å². The average molecular weight is 300 g/mol. The van der Waals surface area contributed by atoms with Crippen LogP contribution in [0.3, 0.4) is 0 Å². The maximum Gasteiger partial charge on any atom is 0.407 e. The van der Waals surface area contributed by atoms with Crippen LogP contribution < -0.4 is 5.32 Å². The van der Waals surface area contributed by atoms with Gasteiger partial charge in [0.2, 0.25) is 10.0 Å². The quantitative estimate of drug-likeness (QED) is 0.768. The molecule has 0 saturated heterocycles. The lowest BCUT2D eigenvalue weighted by atomic mass is 10.2. The van der Waals surface area contributed by atoms with Crippen molar-refractivity contribution in [3.8, 4) is 0 Å². The summed E-state index contributed by atoms with van der Waals surface area (Å²) in [5.41, 5.74) is 0.901. The van der Waals surface area contributed by atoms with Gasteiger partial charge in [-0.3, -0.25) is 0 Å². The van der Waals surface area contributed by atoms with Crippen LogP contribution in [0.2, 0.25) is 0 Å². The Morgan fingerprint density at radius 3 is 2.50 bits per heavy atom. The van der Waals surface area contributed by atoms with Crippen molar-refractivity contribution >= 4 is 16.1 Å². The van der Waals surface area contributed by atoms with E-state index >= 15 is 0 Å². The third kappa shape index (κ3) is 6.03. The minimum absolute atomic E-state index is 0.00103. The normalized spacial score (nSPS) is 11.3. The lowest BCUT2D eigenvalue weighted by molar-refractivity contribution is 0.139. The van der Waals surface area contributed by atoms with Gasteiger partial charge in [0.05, 0.1) is 5.75 Å². The van der Waals surface area contributed by atoms with Crippen molar-refractivity contribution in [2.75, 3.05) is 26.4 Å². The summed E-state index contributed by atoms with van der Waals surface area (Å²) in [5.74, 6) is -0.00103. The molecule has 0 saturated carbocycles. The van der Waals surface area contributed by atoms with Crippen LogP contribution in [0.15, 0.2) is 30.3 Å². The summed E-state index contributed by atoms with van der Waals surface area (Å²) < 4.78 is 29.1. The fourth-order valence-electron chi connectivity index (χ4n) is 1.40. The molecule has 20 heavy (non-hydrogen) atoms. The van der Waals surface area contributed by atoms with Gasteiger partial charge in [0.25, 0.3) is 0 Å². The number of carbonyl (C=O) groups is 1. The van der Waals surface area contributed by atoms with E-state index in [1.165, 1.54) is 18.4 Å². The molecule has 0 radical (unpaired) electrons.